The van der Waals surface area contributed by atoms with E-state index in [2.05, 4.69) is 20.3 Å². The normalized spacial score (nSPS) is 11.4. The van der Waals surface area contributed by atoms with Crippen LogP contribution in [0, 0.1) is 0 Å². The molecule has 0 fully saturated rings. The molecule has 3 rings (SSSR count). The summed E-state index contributed by atoms with van der Waals surface area (Å²) in [6.45, 7) is 0.555. The third-order valence-electron chi connectivity index (χ3n) is 3.34. The molecule has 0 aliphatic rings. The number of alkyl halides is 3. The maximum absolute atomic E-state index is 12.5. The average molecular weight is 384 g/mol. The quantitative estimate of drug-likeness (QED) is 0.642. The Morgan fingerprint density at radius 1 is 1.19 bits per heavy atom. The van der Waals surface area contributed by atoms with Crippen molar-refractivity contribution in [3.63, 3.8) is 0 Å². The van der Waals surface area contributed by atoms with Crippen molar-refractivity contribution in [3.8, 4) is 11.5 Å². The molecule has 0 atom stereocenters. The standard InChI is InChI=1S/C16H15F3N4O2S/c1-24-11-2-4-12(5-3-11)25-8-14-22-10(9-26-14)6-20-15-21-7-13(23-15)16(17,18)19/h2-5,7,9H,6,8H2,1H3,(H2,20,21,23). The SMILES string of the molecule is COc1ccc(OCc2nc(CNc3ncc(C(F)(F)F)[nH]3)cs2)cc1. The molecule has 6 nitrogen and oxygen atoms in total. The summed E-state index contributed by atoms with van der Waals surface area (Å²) in [5.41, 5.74) is -0.208. The molecule has 0 saturated heterocycles. The van der Waals surface area contributed by atoms with Gasteiger partial charge >= 0.3 is 6.18 Å². The Bertz CT molecular complexity index is 846. The van der Waals surface area contributed by atoms with Crippen molar-refractivity contribution < 1.29 is 22.6 Å². The highest BCUT2D eigenvalue weighted by atomic mass is 32.1. The fourth-order valence-corrected chi connectivity index (χ4v) is 2.75. The van der Waals surface area contributed by atoms with Crippen LogP contribution in [-0.2, 0) is 19.3 Å². The predicted molar refractivity (Wildman–Crippen MR) is 90.4 cm³/mol. The zero-order chi connectivity index (χ0) is 18.6. The number of nitrogens with zero attached hydrogens (tertiary/aromatic N) is 2. The summed E-state index contributed by atoms with van der Waals surface area (Å²) < 4.78 is 48.2. The van der Waals surface area contributed by atoms with E-state index in [1.54, 1.807) is 31.4 Å². The zero-order valence-electron chi connectivity index (χ0n) is 13.6. The molecule has 26 heavy (non-hydrogen) atoms. The highest BCUT2D eigenvalue weighted by Crippen LogP contribution is 2.28. The number of ether oxygens (including phenoxy) is 2. The molecular formula is C16H15F3N4O2S. The maximum atomic E-state index is 12.5. The highest BCUT2D eigenvalue weighted by molar-refractivity contribution is 7.09. The first-order valence-electron chi connectivity index (χ1n) is 7.50. The van der Waals surface area contributed by atoms with Gasteiger partial charge in [0.05, 0.1) is 25.5 Å². The number of anilines is 1. The van der Waals surface area contributed by atoms with Crippen molar-refractivity contribution in [2.75, 3.05) is 12.4 Å². The van der Waals surface area contributed by atoms with Crippen LogP contribution in [0.2, 0.25) is 0 Å². The number of nitrogens with one attached hydrogen (secondary N) is 2. The number of imidazole rings is 1. The fourth-order valence-electron chi connectivity index (χ4n) is 2.04. The number of aromatic nitrogens is 3. The molecule has 0 saturated carbocycles. The Labute approximate surface area is 151 Å². The molecule has 0 bridgehead atoms. The topological polar surface area (TPSA) is 72.1 Å². The summed E-state index contributed by atoms with van der Waals surface area (Å²) in [6.07, 6.45) is -3.70. The van der Waals surface area contributed by atoms with Gasteiger partial charge in [0.2, 0.25) is 5.95 Å². The van der Waals surface area contributed by atoms with E-state index >= 15 is 0 Å². The summed E-state index contributed by atoms with van der Waals surface area (Å²) in [6, 6.07) is 7.18. The summed E-state index contributed by atoms with van der Waals surface area (Å²) in [5.74, 6) is 1.48. The number of halogens is 3. The molecule has 0 aliphatic carbocycles. The molecule has 0 amide bonds. The molecule has 138 valence electrons. The van der Waals surface area contributed by atoms with E-state index in [1.807, 2.05) is 5.38 Å². The maximum Gasteiger partial charge on any atom is 0.432 e. The molecule has 1 aromatic carbocycles. The van der Waals surface area contributed by atoms with Gasteiger partial charge in [-0.1, -0.05) is 0 Å². The minimum absolute atomic E-state index is 0.0429. The summed E-state index contributed by atoms with van der Waals surface area (Å²) in [4.78, 5) is 10.2. The van der Waals surface area contributed by atoms with E-state index in [4.69, 9.17) is 9.47 Å². The van der Waals surface area contributed by atoms with Gasteiger partial charge in [-0.05, 0) is 24.3 Å². The number of H-pyrrole nitrogens is 1. The predicted octanol–water partition coefficient (Wildman–Crippen LogP) is 4.08. The van der Waals surface area contributed by atoms with E-state index in [0.717, 1.165) is 17.0 Å². The molecule has 2 N–H and O–H groups in total. The highest BCUT2D eigenvalue weighted by Gasteiger charge is 2.32. The molecule has 2 heterocycles. The number of rotatable bonds is 7. The molecule has 2 aromatic heterocycles. The number of hydrogen-bond donors (Lipinski definition) is 2. The summed E-state index contributed by atoms with van der Waals surface area (Å²) in [5, 5.41) is 5.35. The van der Waals surface area contributed by atoms with Gasteiger partial charge in [-0.15, -0.1) is 11.3 Å². The Morgan fingerprint density at radius 2 is 1.92 bits per heavy atom. The molecule has 3 aromatic rings. The van der Waals surface area contributed by atoms with Gasteiger partial charge in [-0.25, -0.2) is 9.97 Å². The second-order valence-corrected chi connectivity index (χ2v) is 6.14. The lowest BCUT2D eigenvalue weighted by Gasteiger charge is -2.05. The summed E-state index contributed by atoms with van der Waals surface area (Å²) >= 11 is 1.41. The van der Waals surface area contributed by atoms with Crippen LogP contribution in [0.15, 0.2) is 35.8 Å². The lowest BCUT2D eigenvalue weighted by molar-refractivity contribution is -0.140. The van der Waals surface area contributed by atoms with Crippen LogP contribution in [0.4, 0.5) is 19.1 Å². The number of thiazole rings is 1. The number of aromatic amines is 1. The summed E-state index contributed by atoms with van der Waals surface area (Å²) in [7, 11) is 1.59. The Kier molecular flexibility index (Phi) is 5.31. The first kappa shape index (κ1) is 18.1. The van der Waals surface area contributed by atoms with Crippen molar-refractivity contribution in [3.05, 3.63) is 52.2 Å². The van der Waals surface area contributed by atoms with Crippen LogP contribution >= 0.6 is 11.3 Å². The first-order valence-corrected chi connectivity index (χ1v) is 8.38. The van der Waals surface area contributed by atoms with E-state index in [9.17, 15) is 13.2 Å². The zero-order valence-corrected chi connectivity index (χ0v) is 14.4. The second-order valence-electron chi connectivity index (χ2n) is 5.19. The molecule has 0 aliphatic heterocycles. The van der Waals surface area contributed by atoms with Gasteiger partial charge in [0.15, 0.2) is 0 Å². The van der Waals surface area contributed by atoms with Crippen molar-refractivity contribution in [2.45, 2.75) is 19.3 Å². The van der Waals surface area contributed by atoms with Crippen LogP contribution in [0.25, 0.3) is 0 Å². The number of benzene rings is 1. The lowest BCUT2D eigenvalue weighted by atomic mass is 10.3. The Hall–Kier alpha value is -2.75. The van der Waals surface area contributed by atoms with E-state index in [-0.39, 0.29) is 12.5 Å². The smallest absolute Gasteiger partial charge is 0.432 e. The van der Waals surface area contributed by atoms with Crippen molar-refractivity contribution in [1.29, 1.82) is 0 Å². The third kappa shape index (κ3) is 4.66. The van der Waals surface area contributed by atoms with Gasteiger partial charge in [0.25, 0.3) is 0 Å². The van der Waals surface area contributed by atoms with Gasteiger partial charge in [-0.3, -0.25) is 0 Å². The number of hydrogen-bond acceptors (Lipinski definition) is 6. The van der Waals surface area contributed by atoms with Gasteiger partial charge < -0.3 is 19.8 Å². The lowest BCUT2D eigenvalue weighted by Crippen LogP contribution is -2.06. The first-order chi connectivity index (χ1) is 12.4. The monoisotopic (exact) mass is 384 g/mol. The minimum atomic E-state index is -4.44. The molecule has 10 heteroatoms. The second kappa shape index (κ2) is 7.65. The van der Waals surface area contributed by atoms with Gasteiger partial charge in [0, 0.05) is 5.38 Å². The molecule has 0 spiro atoms. The Morgan fingerprint density at radius 3 is 2.58 bits per heavy atom. The minimum Gasteiger partial charge on any atom is -0.497 e. The van der Waals surface area contributed by atoms with Crippen molar-refractivity contribution in [1.82, 2.24) is 15.0 Å². The van der Waals surface area contributed by atoms with Crippen molar-refractivity contribution >= 4 is 17.3 Å². The van der Waals surface area contributed by atoms with Crippen LogP contribution in [0.5, 0.6) is 11.5 Å². The van der Waals surface area contributed by atoms with Crippen LogP contribution in [0.1, 0.15) is 16.4 Å². The van der Waals surface area contributed by atoms with E-state index in [0.29, 0.717) is 18.1 Å². The van der Waals surface area contributed by atoms with Crippen molar-refractivity contribution in [2.24, 2.45) is 0 Å². The van der Waals surface area contributed by atoms with Crippen LogP contribution in [0.3, 0.4) is 0 Å². The number of methoxy groups -OCH3 is 1. The molecular weight excluding hydrogens is 369 g/mol. The van der Waals surface area contributed by atoms with Gasteiger partial charge in [-0.2, -0.15) is 13.2 Å². The van der Waals surface area contributed by atoms with Crippen LogP contribution in [-0.4, -0.2) is 22.1 Å². The fraction of sp³-hybridized carbons (Fsp3) is 0.250. The van der Waals surface area contributed by atoms with Gasteiger partial charge in [0.1, 0.15) is 28.8 Å². The van der Waals surface area contributed by atoms with Crippen LogP contribution < -0.4 is 14.8 Å². The molecule has 0 unspecified atom stereocenters. The third-order valence-corrected chi connectivity index (χ3v) is 4.21. The largest absolute Gasteiger partial charge is 0.497 e. The van der Waals surface area contributed by atoms with E-state index < -0.39 is 11.9 Å². The Balaban J connectivity index is 1.50. The average Bonchev–Trinajstić information content (AvgIpc) is 3.27. The molecule has 0 radical (unpaired) electrons. The van der Waals surface area contributed by atoms with E-state index in [1.165, 1.54) is 11.3 Å².